The number of hydrogen-bond donors (Lipinski definition) is 0. The fourth-order valence-electron chi connectivity index (χ4n) is 4.19. The molecule has 0 bridgehead atoms. The van der Waals surface area contributed by atoms with Gasteiger partial charge >= 0.3 is 0 Å². The second-order valence-electron chi connectivity index (χ2n) is 7.99. The predicted octanol–water partition coefficient (Wildman–Crippen LogP) is 4.34. The van der Waals surface area contributed by atoms with Gasteiger partial charge in [-0.15, -0.1) is 11.3 Å². The standard InChI is InChI=1S/C22H27ClN4O3S2/c1-4-27(5-2)32(29,30)17-13-19(25(3)14-17)22(28)26-10-8-15(9-11-26)21-24-18-12-16(23)6-7-20(18)31-21/h6-7,12-15H,4-5,8-11H2,1-3H3. The number of benzene rings is 1. The van der Waals surface area contributed by atoms with Crippen LogP contribution in [0.1, 0.15) is 48.1 Å². The Morgan fingerprint density at radius 1 is 1.22 bits per heavy atom. The third-order valence-electron chi connectivity index (χ3n) is 6.04. The van der Waals surface area contributed by atoms with Crippen LogP contribution in [0, 0.1) is 0 Å². The van der Waals surface area contributed by atoms with E-state index in [1.165, 1.54) is 16.6 Å². The van der Waals surface area contributed by atoms with Gasteiger partial charge in [-0.2, -0.15) is 4.31 Å². The van der Waals surface area contributed by atoms with Crippen molar-refractivity contribution >= 4 is 49.1 Å². The first-order valence-corrected chi connectivity index (χ1v) is 13.4. The minimum Gasteiger partial charge on any atom is -0.345 e. The van der Waals surface area contributed by atoms with Crippen molar-refractivity contribution in [2.24, 2.45) is 7.05 Å². The number of amides is 1. The quantitative estimate of drug-likeness (QED) is 0.511. The van der Waals surface area contributed by atoms with Crippen molar-refractivity contribution in [3.63, 3.8) is 0 Å². The second kappa shape index (κ2) is 9.13. The van der Waals surface area contributed by atoms with Crippen molar-refractivity contribution in [2.45, 2.75) is 37.5 Å². The summed E-state index contributed by atoms with van der Waals surface area (Å²) < 4.78 is 29.8. The monoisotopic (exact) mass is 494 g/mol. The number of thiazole rings is 1. The molecule has 0 aliphatic carbocycles. The Morgan fingerprint density at radius 3 is 2.56 bits per heavy atom. The number of nitrogens with zero attached hydrogens (tertiary/aromatic N) is 4. The van der Waals surface area contributed by atoms with E-state index in [-0.39, 0.29) is 10.8 Å². The SMILES string of the molecule is CCN(CC)S(=O)(=O)c1cc(C(=O)N2CCC(c3nc4cc(Cl)ccc4s3)CC2)n(C)c1. The lowest BCUT2D eigenvalue weighted by Gasteiger charge is -2.31. The zero-order valence-corrected chi connectivity index (χ0v) is 20.8. The van der Waals surface area contributed by atoms with E-state index in [2.05, 4.69) is 0 Å². The largest absolute Gasteiger partial charge is 0.345 e. The van der Waals surface area contributed by atoms with Crippen LogP contribution in [-0.4, -0.2) is 59.3 Å². The van der Waals surface area contributed by atoms with Crippen LogP contribution in [0.15, 0.2) is 35.4 Å². The van der Waals surface area contributed by atoms with E-state index in [0.717, 1.165) is 28.1 Å². The molecule has 2 aromatic heterocycles. The normalized spacial score (nSPS) is 15.7. The molecule has 0 unspecified atom stereocenters. The minimum absolute atomic E-state index is 0.136. The van der Waals surface area contributed by atoms with Gasteiger partial charge in [0.25, 0.3) is 5.91 Å². The van der Waals surface area contributed by atoms with E-state index in [0.29, 0.717) is 42.8 Å². The lowest BCUT2D eigenvalue weighted by Crippen LogP contribution is -2.38. The highest BCUT2D eigenvalue weighted by Gasteiger charge is 2.30. The van der Waals surface area contributed by atoms with Crippen molar-refractivity contribution in [3.8, 4) is 0 Å². The number of fused-ring (bicyclic) bond motifs is 1. The Bertz CT molecular complexity index is 1240. The van der Waals surface area contributed by atoms with E-state index < -0.39 is 10.0 Å². The number of likely N-dealkylation sites (tertiary alicyclic amines) is 1. The highest BCUT2D eigenvalue weighted by atomic mass is 35.5. The number of aromatic nitrogens is 2. The van der Waals surface area contributed by atoms with Gasteiger partial charge in [-0.25, -0.2) is 13.4 Å². The molecule has 0 atom stereocenters. The Balaban J connectivity index is 1.47. The molecule has 1 fully saturated rings. The van der Waals surface area contributed by atoms with E-state index in [9.17, 15) is 13.2 Å². The Labute approximate surface area is 197 Å². The first kappa shape index (κ1) is 23.2. The summed E-state index contributed by atoms with van der Waals surface area (Å²) in [6.07, 6.45) is 3.18. The van der Waals surface area contributed by atoms with Gasteiger partial charge in [0.2, 0.25) is 10.0 Å². The molecule has 0 N–H and O–H groups in total. The third kappa shape index (κ3) is 4.31. The van der Waals surface area contributed by atoms with Crippen LogP contribution in [0.2, 0.25) is 5.02 Å². The van der Waals surface area contributed by atoms with Crippen molar-refractivity contribution < 1.29 is 13.2 Å². The number of carbonyl (C=O) groups excluding carboxylic acids is 1. The highest BCUT2D eigenvalue weighted by molar-refractivity contribution is 7.89. The average molecular weight is 495 g/mol. The zero-order valence-electron chi connectivity index (χ0n) is 18.4. The van der Waals surface area contributed by atoms with Crippen LogP contribution >= 0.6 is 22.9 Å². The molecule has 1 saturated heterocycles. The van der Waals surface area contributed by atoms with Crippen LogP contribution < -0.4 is 0 Å². The first-order chi connectivity index (χ1) is 15.2. The van der Waals surface area contributed by atoms with E-state index in [1.807, 2.05) is 23.1 Å². The molecule has 1 aliphatic heterocycles. The summed E-state index contributed by atoms with van der Waals surface area (Å²) in [5.74, 6) is 0.172. The molecule has 7 nitrogen and oxygen atoms in total. The average Bonchev–Trinajstić information content (AvgIpc) is 3.37. The molecule has 0 saturated carbocycles. The summed E-state index contributed by atoms with van der Waals surface area (Å²) in [5, 5.41) is 1.76. The summed E-state index contributed by atoms with van der Waals surface area (Å²) in [5.41, 5.74) is 1.31. The fourth-order valence-corrected chi connectivity index (χ4v) is 7.00. The molecule has 1 amide bonds. The minimum atomic E-state index is -3.60. The molecule has 3 heterocycles. The van der Waals surface area contributed by atoms with Crippen LogP contribution in [0.25, 0.3) is 10.2 Å². The summed E-state index contributed by atoms with van der Waals surface area (Å²) >= 11 is 7.77. The van der Waals surface area contributed by atoms with Gasteiger partial charge in [-0.3, -0.25) is 4.79 Å². The molecule has 3 aromatic rings. The molecule has 0 radical (unpaired) electrons. The van der Waals surface area contributed by atoms with Crippen molar-refractivity contribution in [2.75, 3.05) is 26.2 Å². The Morgan fingerprint density at radius 2 is 1.91 bits per heavy atom. The van der Waals surface area contributed by atoms with E-state index in [1.54, 1.807) is 36.8 Å². The number of rotatable bonds is 6. The smallest absolute Gasteiger partial charge is 0.270 e. The third-order valence-corrected chi connectivity index (χ3v) is 9.49. The molecule has 1 aromatic carbocycles. The maximum atomic E-state index is 13.2. The maximum Gasteiger partial charge on any atom is 0.270 e. The van der Waals surface area contributed by atoms with Gasteiger partial charge in [0.1, 0.15) is 10.6 Å². The van der Waals surface area contributed by atoms with Crippen molar-refractivity contribution in [1.29, 1.82) is 0 Å². The first-order valence-electron chi connectivity index (χ1n) is 10.8. The molecule has 4 rings (SSSR count). The van der Waals surface area contributed by atoms with Gasteiger partial charge in [-0.1, -0.05) is 25.4 Å². The van der Waals surface area contributed by atoms with E-state index in [4.69, 9.17) is 16.6 Å². The lowest BCUT2D eigenvalue weighted by atomic mass is 9.97. The Hall–Kier alpha value is -1.94. The van der Waals surface area contributed by atoms with Crippen LogP contribution in [-0.2, 0) is 17.1 Å². The number of carbonyl (C=O) groups is 1. The molecular formula is C22H27ClN4O3S2. The molecule has 1 aliphatic rings. The van der Waals surface area contributed by atoms with Gasteiger partial charge in [0.15, 0.2) is 0 Å². The molecule has 172 valence electrons. The molecular weight excluding hydrogens is 468 g/mol. The van der Waals surface area contributed by atoms with Gasteiger partial charge in [0.05, 0.1) is 15.2 Å². The number of aryl methyl sites for hydroxylation is 1. The van der Waals surface area contributed by atoms with Crippen molar-refractivity contribution in [1.82, 2.24) is 18.8 Å². The van der Waals surface area contributed by atoms with E-state index >= 15 is 0 Å². The lowest BCUT2D eigenvalue weighted by molar-refractivity contribution is 0.0703. The van der Waals surface area contributed by atoms with Crippen LogP contribution in [0.5, 0.6) is 0 Å². The number of sulfonamides is 1. The second-order valence-corrected chi connectivity index (χ2v) is 11.4. The molecule has 10 heteroatoms. The van der Waals surface area contributed by atoms with Gasteiger partial charge in [0, 0.05) is 50.4 Å². The summed E-state index contributed by atoms with van der Waals surface area (Å²) in [6, 6.07) is 7.26. The fraction of sp³-hybridized carbons (Fsp3) is 0.455. The molecule has 32 heavy (non-hydrogen) atoms. The summed E-state index contributed by atoms with van der Waals surface area (Å²) in [4.78, 5) is 19.9. The number of hydrogen-bond acceptors (Lipinski definition) is 5. The van der Waals surface area contributed by atoms with Crippen LogP contribution in [0.4, 0.5) is 0 Å². The van der Waals surface area contributed by atoms with Crippen molar-refractivity contribution in [3.05, 3.63) is 46.2 Å². The number of piperidine rings is 1. The summed E-state index contributed by atoms with van der Waals surface area (Å²) in [7, 11) is -1.89. The predicted molar refractivity (Wildman–Crippen MR) is 128 cm³/mol. The van der Waals surface area contributed by atoms with Crippen LogP contribution in [0.3, 0.4) is 0 Å². The number of halogens is 1. The topological polar surface area (TPSA) is 75.5 Å². The zero-order chi connectivity index (χ0) is 23.0. The highest BCUT2D eigenvalue weighted by Crippen LogP contribution is 2.35. The van der Waals surface area contributed by atoms with Gasteiger partial charge in [-0.05, 0) is 37.1 Å². The maximum absolute atomic E-state index is 13.2. The Kier molecular flexibility index (Phi) is 6.63. The van der Waals surface area contributed by atoms with Gasteiger partial charge < -0.3 is 9.47 Å². The summed E-state index contributed by atoms with van der Waals surface area (Å²) in [6.45, 7) is 5.62. The molecule has 0 spiro atoms.